The molecule has 1 aromatic carbocycles. The molecule has 2 saturated heterocycles. The summed E-state index contributed by atoms with van der Waals surface area (Å²) in [5.41, 5.74) is 0.627. The van der Waals surface area contributed by atoms with Crippen molar-refractivity contribution in [2.75, 3.05) is 45.9 Å². The maximum atomic E-state index is 12.7. The van der Waals surface area contributed by atoms with E-state index in [0.29, 0.717) is 35.4 Å². The number of amides is 2. The molecule has 2 aliphatic heterocycles. The molecule has 3 unspecified atom stereocenters. The molecule has 0 aromatic heterocycles. The quantitative estimate of drug-likeness (QED) is 0.757. The van der Waals surface area contributed by atoms with Crippen LogP contribution in [0.5, 0.6) is 17.2 Å². The Morgan fingerprint density at radius 1 is 1.18 bits per heavy atom. The predicted molar refractivity (Wildman–Crippen MR) is 105 cm³/mol. The fraction of sp³-hybridized carbons (Fsp3) is 0.600. The highest BCUT2D eigenvalue weighted by atomic mass is 16.5. The fourth-order valence-corrected chi connectivity index (χ4v) is 3.84. The monoisotopic (exact) mass is 391 g/mol. The number of carbonyl (C=O) groups is 2. The van der Waals surface area contributed by atoms with Gasteiger partial charge in [0, 0.05) is 37.7 Å². The lowest BCUT2D eigenvalue weighted by Gasteiger charge is -2.31. The molecule has 154 valence electrons. The van der Waals surface area contributed by atoms with Crippen molar-refractivity contribution in [2.45, 2.75) is 25.8 Å². The number of carbonyl (C=O) groups excluding carboxylic acids is 2. The highest BCUT2D eigenvalue weighted by molar-refractivity contribution is 6.00. The van der Waals surface area contributed by atoms with Gasteiger partial charge < -0.3 is 29.7 Å². The van der Waals surface area contributed by atoms with E-state index in [9.17, 15) is 9.59 Å². The van der Waals surface area contributed by atoms with E-state index in [2.05, 4.69) is 17.6 Å². The number of rotatable bonds is 6. The number of ether oxygens (including phenoxy) is 3. The first kappa shape index (κ1) is 20.3. The summed E-state index contributed by atoms with van der Waals surface area (Å²) in [5, 5.41) is 6.43. The summed E-state index contributed by atoms with van der Waals surface area (Å²) >= 11 is 0. The lowest BCUT2D eigenvalue weighted by molar-refractivity contribution is -0.127. The zero-order valence-corrected chi connectivity index (χ0v) is 16.9. The van der Waals surface area contributed by atoms with E-state index in [-0.39, 0.29) is 30.2 Å². The fourth-order valence-electron chi connectivity index (χ4n) is 3.84. The van der Waals surface area contributed by atoms with E-state index in [4.69, 9.17) is 14.2 Å². The summed E-state index contributed by atoms with van der Waals surface area (Å²) in [6, 6.07) is 3.56. The molecular weight excluding hydrogens is 362 g/mol. The predicted octanol–water partition coefficient (Wildman–Crippen LogP) is 1.18. The van der Waals surface area contributed by atoms with Crippen LogP contribution >= 0.6 is 0 Å². The van der Waals surface area contributed by atoms with Gasteiger partial charge in [-0.25, -0.2) is 0 Å². The summed E-state index contributed by atoms with van der Waals surface area (Å²) < 4.78 is 16.1. The summed E-state index contributed by atoms with van der Waals surface area (Å²) in [5.74, 6) is 1.30. The maximum Gasteiger partial charge on any atom is 0.227 e. The highest BCUT2D eigenvalue weighted by Crippen LogP contribution is 2.42. The molecule has 0 aliphatic carbocycles. The molecule has 2 fully saturated rings. The van der Waals surface area contributed by atoms with Crippen LogP contribution in [-0.4, -0.2) is 58.8 Å². The van der Waals surface area contributed by atoms with Gasteiger partial charge in [0.1, 0.15) is 0 Å². The van der Waals surface area contributed by atoms with Crippen molar-refractivity contribution >= 4 is 17.5 Å². The number of methoxy groups -OCH3 is 3. The molecule has 0 bridgehead atoms. The van der Waals surface area contributed by atoms with Crippen molar-refractivity contribution in [2.24, 2.45) is 11.8 Å². The third kappa shape index (κ3) is 4.01. The number of nitrogens with one attached hydrogen (secondary N) is 2. The second kappa shape index (κ2) is 8.68. The lowest BCUT2D eigenvalue weighted by Crippen LogP contribution is -2.51. The number of anilines is 1. The van der Waals surface area contributed by atoms with Crippen LogP contribution in [0.2, 0.25) is 0 Å². The first-order valence-corrected chi connectivity index (χ1v) is 9.60. The van der Waals surface area contributed by atoms with E-state index in [1.54, 1.807) is 17.0 Å². The zero-order chi connectivity index (χ0) is 20.3. The molecule has 0 radical (unpaired) electrons. The van der Waals surface area contributed by atoms with Gasteiger partial charge in [0.25, 0.3) is 0 Å². The summed E-state index contributed by atoms with van der Waals surface area (Å²) in [4.78, 5) is 27.0. The Morgan fingerprint density at radius 2 is 1.86 bits per heavy atom. The van der Waals surface area contributed by atoms with Gasteiger partial charge in [-0.15, -0.1) is 0 Å². The van der Waals surface area contributed by atoms with Crippen LogP contribution in [-0.2, 0) is 9.59 Å². The summed E-state index contributed by atoms with van der Waals surface area (Å²) in [6.45, 7) is 4.22. The van der Waals surface area contributed by atoms with Crippen molar-refractivity contribution < 1.29 is 23.8 Å². The molecule has 2 aliphatic rings. The first-order valence-electron chi connectivity index (χ1n) is 9.60. The number of hydrogen-bond donors (Lipinski definition) is 2. The Labute approximate surface area is 165 Å². The number of hydrogen-bond acceptors (Lipinski definition) is 6. The van der Waals surface area contributed by atoms with E-state index in [1.807, 2.05) is 0 Å². The molecule has 2 amide bonds. The number of piperidine rings is 1. The molecule has 0 saturated carbocycles. The minimum absolute atomic E-state index is 0.0659. The molecule has 8 nitrogen and oxygen atoms in total. The Hall–Kier alpha value is -2.48. The summed E-state index contributed by atoms with van der Waals surface area (Å²) in [6.07, 6.45) is 1.23. The van der Waals surface area contributed by atoms with Crippen molar-refractivity contribution in [3.8, 4) is 17.2 Å². The van der Waals surface area contributed by atoms with Crippen molar-refractivity contribution in [3.63, 3.8) is 0 Å². The van der Waals surface area contributed by atoms with Gasteiger partial charge in [-0.1, -0.05) is 6.92 Å². The molecule has 2 heterocycles. The van der Waals surface area contributed by atoms with E-state index in [1.165, 1.54) is 21.3 Å². The van der Waals surface area contributed by atoms with Gasteiger partial charge in [-0.05, 0) is 18.9 Å². The molecule has 2 N–H and O–H groups in total. The standard InChI is InChI=1S/C20H29N3O5/c1-12-5-6-21-10-15(12)22-20(25)13-7-18(24)23(11-13)14-8-16(26-2)19(28-4)17(9-14)27-3/h8-9,12-13,15,21H,5-7,10-11H2,1-4H3,(H,22,25). The molecule has 3 atom stereocenters. The van der Waals surface area contributed by atoms with Crippen molar-refractivity contribution in [1.29, 1.82) is 0 Å². The van der Waals surface area contributed by atoms with Crippen molar-refractivity contribution in [1.82, 2.24) is 10.6 Å². The van der Waals surface area contributed by atoms with Gasteiger partial charge in [0.2, 0.25) is 17.6 Å². The lowest BCUT2D eigenvalue weighted by atomic mass is 9.94. The largest absolute Gasteiger partial charge is 0.493 e. The van der Waals surface area contributed by atoms with Crippen LogP contribution in [0.15, 0.2) is 12.1 Å². The van der Waals surface area contributed by atoms with Crippen LogP contribution in [0.25, 0.3) is 0 Å². The summed E-state index contributed by atoms with van der Waals surface area (Å²) in [7, 11) is 4.59. The van der Waals surface area contributed by atoms with Crippen molar-refractivity contribution in [3.05, 3.63) is 12.1 Å². The Kier molecular flexibility index (Phi) is 6.28. The van der Waals surface area contributed by atoms with Crippen LogP contribution in [0.3, 0.4) is 0 Å². The maximum absolute atomic E-state index is 12.7. The average molecular weight is 391 g/mol. The van der Waals surface area contributed by atoms with E-state index >= 15 is 0 Å². The second-order valence-corrected chi connectivity index (χ2v) is 7.37. The topological polar surface area (TPSA) is 89.1 Å². The first-order chi connectivity index (χ1) is 13.5. The van der Waals surface area contributed by atoms with Gasteiger partial charge in [0.05, 0.1) is 32.9 Å². The molecular formula is C20H29N3O5. The second-order valence-electron chi connectivity index (χ2n) is 7.37. The highest BCUT2D eigenvalue weighted by Gasteiger charge is 2.37. The number of benzene rings is 1. The average Bonchev–Trinajstić information content (AvgIpc) is 3.10. The van der Waals surface area contributed by atoms with Crippen LogP contribution in [0, 0.1) is 11.8 Å². The molecule has 28 heavy (non-hydrogen) atoms. The van der Waals surface area contributed by atoms with Crippen LogP contribution in [0.4, 0.5) is 5.69 Å². The molecule has 0 spiro atoms. The normalized spacial score (nSPS) is 24.8. The molecule has 3 rings (SSSR count). The van der Waals surface area contributed by atoms with E-state index < -0.39 is 0 Å². The number of nitrogens with zero attached hydrogens (tertiary/aromatic N) is 1. The van der Waals surface area contributed by atoms with Crippen LogP contribution < -0.4 is 29.7 Å². The van der Waals surface area contributed by atoms with Crippen LogP contribution in [0.1, 0.15) is 19.8 Å². The zero-order valence-electron chi connectivity index (χ0n) is 16.9. The minimum atomic E-state index is -0.374. The van der Waals surface area contributed by atoms with E-state index in [0.717, 1.165) is 19.5 Å². The minimum Gasteiger partial charge on any atom is -0.493 e. The van der Waals surface area contributed by atoms with Gasteiger partial charge in [-0.2, -0.15) is 0 Å². The molecule has 8 heteroatoms. The SMILES string of the molecule is COc1cc(N2CC(C(=O)NC3CNCCC3C)CC2=O)cc(OC)c1OC. The van der Waals surface area contributed by atoms with Gasteiger partial charge in [0.15, 0.2) is 11.5 Å². The third-order valence-corrected chi connectivity index (χ3v) is 5.61. The smallest absolute Gasteiger partial charge is 0.227 e. The van der Waals surface area contributed by atoms with Gasteiger partial charge in [-0.3, -0.25) is 9.59 Å². The Balaban J connectivity index is 1.74. The molecule has 1 aromatic rings. The Bertz CT molecular complexity index is 714. The Morgan fingerprint density at radius 3 is 2.43 bits per heavy atom. The van der Waals surface area contributed by atoms with Gasteiger partial charge >= 0.3 is 0 Å². The third-order valence-electron chi connectivity index (χ3n) is 5.61.